The lowest BCUT2D eigenvalue weighted by molar-refractivity contribution is 0.202. The van der Waals surface area contributed by atoms with Crippen LogP contribution in [0.5, 0.6) is 0 Å². The summed E-state index contributed by atoms with van der Waals surface area (Å²) in [6, 6.07) is 0.387. The molecular formula is C14H23N3OS2. The molecular weight excluding hydrogens is 290 g/mol. The minimum Gasteiger partial charge on any atom is -0.335 e. The van der Waals surface area contributed by atoms with Crippen LogP contribution in [0.3, 0.4) is 0 Å². The molecule has 1 fully saturated rings. The molecule has 0 radical (unpaired) electrons. The van der Waals surface area contributed by atoms with Crippen LogP contribution < -0.4 is 5.32 Å². The molecule has 3 atom stereocenters. The summed E-state index contributed by atoms with van der Waals surface area (Å²) in [6.45, 7) is 2.82. The van der Waals surface area contributed by atoms with Crippen LogP contribution in [0.1, 0.15) is 37.1 Å². The minimum atomic E-state index is 0.0418. The number of urea groups is 1. The monoisotopic (exact) mass is 313 g/mol. The molecule has 0 aromatic carbocycles. The van der Waals surface area contributed by atoms with Gasteiger partial charge in [-0.3, -0.25) is 0 Å². The van der Waals surface area contributed by atoms with Crippen molar-refractivity contribution in [1.82, 2.24) is 15.2 Å². The summed E-state index contributed by atoms with van der Waals surface area (Å²) in [7, 11) is 1.86. The van der Waals surface area contributed by atoms with E-state index in [0.717, 1.165) is 17.8 Å². The summed E-state index contributed by atoms with van der Waals surface area (Å²) in [5.74, 6) is 0.285. The molecule has 0 bridgehead atoms. The van der Waals surface area contributed by atoms with Crippen LogP contribution in [-0.2, 0) is 0 Å². The molecule has 6 heteroatoms. The highest BCUT2D eigenvalue weighted by Crippen LogP contribution is 2.28. The molecule has 2 amide bonds. The molecule has 1 heterocycles. The number of likely N-dealkylation sites (N-methyl/N-ethyl adjacent to an activating group) is 1. The van der Waals surface area contributed by atoms with Crippen molar-refractivity contribution in [3.05, 3.63) is 16.6 Å². The highest BCUT2D eigenvalue weighted by molar-refractivity contribution is 7.99. The molecule has 1 aliphatic carbocycles. The van der Waals surface area contributed by atoms with Crippen molar-refractivity contribution < 1.29 is 4.79 Å². The first-order chi connectivity index (χ1) is 9.60. The second kappa shape index (κ2) is 7.31. The van der Waals surface area contributed by atoms with Gasteiger partial charge in [0.1, 0.15) is 0 Å². The smallest absolute Gasteiger partial charge is 0.317 e. The topological polar surface area (TPSA) is 45.2 Å². The van der Waals surface area contributed by atoms with Gasteiger partial charge in [0.25, 0.3) is 0 Å². The summed E-state index contributed by atoms with van der Waals surface area (Å²) in [6.07, 6.45) is 7.38. The molecule has 2 rings (SSSR count). The van der Waals surface area contributed by atoms with E-state index in [4.69, 9.17) is 0 Å². The van der Waals surface area contributed by atoms with Gasteiger partial charge >= 0.3 is 6.03 Å². The highest BCUT2D eigenvalue weighted by atomic mass is 32.2. The third-order valence-electron chi connectivity index (χ3n) is 3.81. The largest absolute Gasteiger partial charge is 0.335 e. The van der Waals surface area contributed by atoms with Crippen molar-refractivity contribution in [1.29, 1.82) is 0 Å². The molecule has 0 spiro atoms. The van der Waals surface area contributed by atoms with Crippen LogP contribution in [0.4, 0.5) is 4.79 Å². The Bertz CT molecular complexity index is 424. The number of hydrogen-bond donors (Lipinski definition) is 1. The van der Waals surface area contributed by atoms with Crippen LogP contribution in [0.15, 0.2) is 11.6 Å². The zero-order valence-corrected chi connectivity index (χ0v) is 14.0. The van der Waals surface area contributed by atoms with Crippen molar-refractivity contribution in [3.63, 3.8) is 0 Å². The average Bonchev–Trinajstić information content (AvgIpc) is 3.09. The predicted octanol–water partition coefficient (Wildman–Crippen LogP) is 3.17. The average molecular weight is 313 g/mol. The second-order valence-electron chi connectivity index (χ2n) is 5.47. The number of hydrogen-bond acceptors (Lipinski definition) is 4. The fraction of sp³-hybridized carbons (Fsp3) is 0.714. The zero-order chi connectivity index (χ0) is 14.5. The summed E-state index contributed by atoms with van der Waals surface area (Å²) in [4.78, 5) is 18.3. The van der Waals surface area contributed by atoms with Crippen molar-refractivity contribution in [2.75, 3.05) is 19.8 Å². The zero-order valence-electron chi connectivity index (χ0n) is 12.3. The number of amides is 2. The number of aromatic nitrogens is 1. The van der Waals surface area contributed by atoms with E-state index in [1.165, 1.54) is 6.42 Å². The maximum absolute atomic E-state index is 12.2. The quantitative estimate of drug-likeness (QED) is 0.908. The Kier molecular flexibility index (Phi) is 5.72. The molecule has 0 aliphatic heterocycles. The first-order valence-electron chi connectivity index (χ1n) is 7.04. The second-order valence-corrected chi connectivity index (χ2v) is 7.53. The summed E-state index contributed by atoms with van der Waals surface area (Å²) in [5.41, 5.74) is 0. The highest BCUT2D eigenvalue weighted by Gasteiger charge is 2.26. The van der Waals surface area contributed by atoms with Gasteiger partial charge in [-0.15, -0.1) is 11.3 Å². The van der Waals surface area contributed by atoms with Gasteiger partial charge in [0.2, 0.25) is 0 Å². The van der Waals surface area contributed by atoms with Gasteiger partial charge in [0.05, 0.1) is 5.01 Å². The summed E-state index contributed by atoms with van der Waals surface area (Å²) < 4.78 is 0. The molecule has 112 valence electrons. The Labute approximate surface area is 129 Å². The van der Waals surface area contributed by atoms with E-state index >= 15 is 0 Å². The Hall–Kier alpha value is -0.750. The molecule has 1 N–H and O–H groups in total. The van der Waals surface area contributed by atoms with Crippen LogP contribution >= 0.6 is 23.1 Å². The standard InChI is InChI=1S/C14H23N3OS2/c1-10(13-15-6-7-20-13)9-17(2)14(18)16-11-4-5-12(8-11)19-3/h6-7,10-12H,4-5,8-9H2,1-3H3,(H,16,18)/t10-,11-,12-/m1/s1. The molecule has 0 saturated heterocycles. The van der Waals surface area contributed by atoms with Crippen molar-refractivity contribution in [2.24, 2.45) is 0 Å². The number of carbonyl (C=O) groups excluding carboxylic acids is 1. The lowest BCUT2D eigenvalue weighted by atomic mass is 10.2. The third-order valence-corrected chi connectivity index (χ3v) is 5.91. The van der Waals surface area contributed by atoms with Gasteiger partial charge < -0.3 is 10.2 Å². The SMILES string of the molecule is CS[C@@H]1CC[C@@H](NC(=O)N(C)C[C@@H](C)c2nccs2)C1. The summed E-state index contributed by atoms with van der Waals surface area (Å²) >= 11 is 3.56. The maximum atomic E-state index is 12.2. The van der Waals surface area contributed by atoms with Gasteiger partial charge in [-0.25, -0.2) is 9.78 Å². The number of nitrogens with one attached hydrogen (secondary N) is 1. The van der Waals surface area contributed by atoms with Gasteiger partial charge in [-0.2, -0.15) is 11.8 Å². The number of rotatable bonds is 5. The van der Waals surface area contributed by atoms with Gasteiger partial charge in [0, 0.05) is 42.4 Å². The van der Waals surface area contributed by atoms with Crippen LogP contribution in [0.2, 0.25) is 0 Å². The molecule has 1 aromatic rings. The van der Waals surface area contributed by atoms with Gasteiger partial charge in [-0.05, 0) is 25.5 Å². The van der Waals surface area contributed by atoms with E-state index in [1.54, 1.807) is 16.2 Å². The third kappa shape index (κ3) is 4.12. The minimum absolute atomic E-state index is 0.0418. The van der Waals surface area contributed by atoms with Crippen molar-refractivity contribution in [2.45, 2.75) is 43.4 Å². The van der Waals surface area contributed by atoms with Crippen molar-refractivity contribution >= 4 is 29.1 Å². The number of carbonyl (C=O) groups is 1. The van der Waals surface area contributed by atoms with Crippen LogP contribution in [0.25, 0.3) is 0 Å². The van der Waals surface area contributed by atoms with E-state index in [0.29, 0.717) is 17.8 Å². The van der Waals surface area contributed by atoms with E-state index in [9.17, 15) is 4.79 Å². The van der Waals surface area contributed by atoms with E-state index in [-0.39, 0.29) is 11.9 Å². The predicted molar refractivity (Wildman–Crippen MR) is 86.6 cm³/mol. The fourth-order valence-electron chi connectivity index (χ4n) is 2.62. The van der Waals surface area contributed by atoms with E-state index < -0.39 is 0 Å². The molecule has 1 aliphatic rings. The Morgan fingerprint density at radius 1 is 1.65 bits per heavy atom. The van der Waals surface area contributed by atoms with Crippen LogP contribution in [-0.4, -0.2) is 47.1 Å². The number of thioether (sulfide) groups is 1. The Morgan fingerprint density at radius 2 is 2.45 bits per heavy atom. The molecule has 1 saturated carbocycles. The van der Waals surface area contributed by atoms with Gasteiger partial charge in [0.15, 0.2) is 0 Å². The van der Waals surface area contributed by atoms with Crippen molar-refractivity contribution in [3.8, 4) is 0 Å². The van der Waals surface area contributed by atoms with Gasteiger partial charge in [-0.1, -0.05) is 6.92 Å². The summed E-state index contributed by atoms with van der Waals surface area (Å²) in [5, 5.41) is 6.93. The lowest BCUT2D eigenvalue weighted by Crippen LogP contribution is -2.43. The maximum Gasteiger partial charge on any atom is 0.317 e. The normalized spacial score (nSPS) is 23.6. The first-order valence-corrected chi connectivity index (χ1v) is 9.20. The lowest BCUT2D eigenvalue weighted by Gasteiger charge is -2.23. The fourth-order valence-corrected chi connectivity index (χ4v) is 4.11. The molecule has 20 heavy (non-hydrogen) atoms. The molecule has 4 nitrogen and oxygen atoms in total. The Morgan fingerprint density at radius 3 is 3.05 bits per heavy atom. The Balaban J connectivity index is 1.77. The molecule has 1 aromatic heterocycles. The number of thiazole rings is 1. The first kappa shape index (κ1) is 15.6. The van der Waals surface area contributed by atoms with E-state index in [1.807, 2.05) is 30.4 Å². The van der Waals surface area contributed by atoms with Crippen LogP contribution in [0, 0.1) is 0 Å². The number of nitrogens with zero attached hydrogens (tertiary/aromatic N) is 2. The van der Waals surface area contributed by atoms with E-state index in [2.05, 4.69) is 23.5 Å². The molecule has 0 unspecified atom stereocenters.